The van der Waals surface area contributed by atoms with Gasteiger partial charge in [0, 0.05) is 5.41 Å². The van der Waals surface area contributed by atoms with Crippen molar-refractivity contribution in [1.82, 2.24) is 0 Å². The third-order valence-electron chi connectivity index (χ3n) is 6.26. The van der Waals surface area contributed by atoms with Gasteiger partial charge in [-0.05, 0) is 55.8 Å². The van der Waals surface area contributed by atoms with Crippen LogP contribution in [0.4, 0.5) is 0 Å². The number of carbonyl (C=O) groups is 1. The Balaban J connectivity index is 2.13. The molecule has 0 radical (unpaired) electrons. The molecule has 0 aromatic carbocycles. The number of allylic oxidation sites excluding steroid dienone is 2. The van der Waals surface area contributed by atoms with E-state index in [1.54, 1.807) is 0 Å². The van der Waals surface area contributed by atoms with Crippen molar-refractivity contribution in [1.29, 1.82) is 0 Å². The Labute approximate surface area is 98.3 Å². The smallest absolute Gasteiger partial charge is 0.126 e. The molecule has 1 heteroatoms. The lowest BCUT2D eigenvalue weighted by Crippen LogP contribution is -2.33. The van der Waals surface area contributed by atoms with Crippen LogP contribution >= 0.6 is 0 Å². The zero-order chi connectivity index (χ0) is 11.6. The Morgan fingerprint density at radius 1 is 1.44 bits per heavy atom. The largest absolute Gasteiger partial charge is 0.303 e. The van der Waals surface area contributed by atoms with E-state index in [2.05, 4.69) is 26.8 Å². The molecule has 0 N–H and O–H groups in total. The van der Waals surface area contributed by atoms with E-state index in [-0.39, 0.29) is 5.41 Å². The highest BCUT2D eigenvalue weighted by Gasteiger charge is 2.64. The Morgan fingerprint density at radius 2 is 2.19 bits per heavy atom. The molecule has 1 spiro atoms. The van der Waals surface area contributed by atoms with Gasteiger partial charge in [-0.3, -0.25) is 0 Å². The van der Waals surface area contributed by atoms with Crippen molar-refractivity contribution < 1.29 is 4.79 Å². The minimum Gasteiger partial charge on any atom is -0.303 e. The zero-order valence-corrected chi connectivity index (χ0v) is 10.6. The summed E-state index contributed by atoms with van der Waals surface area (Å²) in [4.78, 5) is 11.6. The van der Waals surface area contributed by atoms with E-state index in [1.165, 1.54) is 37.5 Å². The van der Waals surface area contributed by atoms with Crippen LogP contribution in [0.1, 0.15) is 46.5 Å². The molecule has 0 saturated heterocycles. The van der Waals surface area contributed by atoms with Crippen LogP contribution in [0, 0.1) is 28.6 Å². The lowest BCUT2D eigenvalue weighted by molar-refractivity contribution is -0.119. The maximum atomic E-state index is 11.6. The molecule has 1 nitrogen and oxygen atoms in total. The van der Waals surface area contributed by atoms with Gasteiger partial charge in [0.25, 0.3) is 0 Å². The van der Waals surface area contributed by atoms with Gasteiger partial charge in [-0.25, -0.2) is 0 Å². The fourth-order valence-electron chi connectivity index (χ4n) is 5.19. The van der Waals surface area contributed by atoms with Gasteiger partial charge in [0.05, 0.1) is 0 Å². The molecule has 16 heavy (non-hydrogen) atoms. The normalized spacial score (nSPS) is 54.7. The van der Waals surface area contributed by atoms with E-state index in [0.717, 1.165) is 5.92 Å². The van der Waals surface area contributed by atoms with Crippen molar-refractivity contribution in [3.63, 3.8) is 0 Å². The number of rotatable bonds is 1. The van der Waals surface area contributed by atoms with Gasteiger partial charge in [-0.15, -0.1) is 0 Å². The van der Waals surface area contributed by atoms with Crippen LogP contribution < -0.4 is 0 Å². The molecule has 88 valence electrons. The van der Waals surface area contributed by atoms with Gasteiger partial charge < -0.3 is 4.79 Å². The highest BCUT2D eigenvalue weighted by molar-refractivity contribution is 5.63. The molecule has 5 atom stereocenters. The second-order valence-electron chi connectivity index (χ2n) is 6.66. The van der Waals surface area contributed by atoms with Gasteiger partial charge >= 0.3 is 0 Å². The predicted molar refractivity (Wildman–Crippen MR) is 65.0 cm³/mol. The minimum absolute atomic E-state index is 0.0676. The maximum Gasteiger partial charge on any atom is 0.126 e. The lowest BCUT2D eigenvalue weighted by Gasteiger charge is -2.36. The third kappa shape index (κ3) is 0.959. The number of carbonyl (C=O) groups excluding carboxylic acids is 1. The summed E-state index contributed by atoms with van der Waals surface area (Å²) in [7, 11) is 0. The van der Waals surface area contributed by atoms with Crippen molar-refractivity contribution in [3.05, 3.63) is 11.6 Å². The van der Waals surface area contributed by atoms with E-state index in [9.17, 15) is 4.79 Å². The monoisotopic (exact) mass is 218 g/mol. The summed E-state index contributed by atoms with van der Waals surface area (Å²) in [5, 5.41) is 0. The molecular weight excluding hydrogens is 196 g/mol. The maximum absolute atomic E-state index is 11.6. The molecule has 0 aliphatic heterocycles. The summed E-state index contributed by atoms with van der Waals surface area (Å²) in [6.45, 7) is 6.85. The number of hydrogen-bond donors (Lipinski definition) is 0. The summed E-state index contributed by atoms with van der Waals surface area (Å²) in [6, 6.07) is 0. The first kappa shape index (κ1) is 10.6. The molecule has 0 unspecified atom stereocenters. The average Bonchev–Trinajstić information content (AvgIpc) is 2.70. The summed E-state index contributed by atoms with van der Waals surface area (Å²) < 4.78 is 0. The van der Waals surface area contributed by atoms with E-state index in [0.29, 0.717) is 17.3 Å². The lowest BCUT2D eigenvalue weighted by atomic mass is 9.68. The van der Waals surface area contributed by atoms with Crippen LogP contribution in [0.25, 0.3) is 0 Å². The van der Waals surface area contributed by atoms with E-state index in [1.807, 2.05) is 0 Å². The van der Waals surface area contributed by atoms with Gasteiger partial charge in [0.2, 0.25) is 0 Å². The molecule has 3 aliphatic carbocycles. The fraction of sp³-hybridized carbons (Fsp3) is 0.800. The van der Waals surface area contributed by atoms with E-state index < -0.39 is 0 Å². The standard InChI is InChI=1S/C15H22O/c1-10-6-7-15-8-12(10)14(3,9-16)13(15)5-4-11(15)2/h6,9,11-13H,4-5,7-8H2,1-3H3/t11-,12+,13-,14+,15+/m1/s1. The number of fused-ring (bicyclic) bond motifs is 1. The van der Waals surface area contributed by atoms with Gasteiger partial charge in [-0.2, -0.15) is 0 Å². The summed E-state index contributed by atoms with van der Waals surface area (Å²) in [5.74, 6) is 1.99. The van der Waals surface area contributed by atoms with Gasteiger partial charge in [0.15, 0.2) is 0 Å². The first-order valence-electron chi connectivity index (χ1n) is 6.67. The summed E-state index contributed by atoms with van der Waals surface area (Å²) in [6.07, 6.45) is 8.81. The summed E-state index contributed by atoms with van der Waals surface area (Å²) in [5.41, 5.74) is 1.88. The molecule has 2 bridgehead atoms. The van der Waals surface area contributed by atoms with Crippen LogP contribution in [0.3, 0.4) is 0 Å². The molecular formula is C15H22O. The molecule has 0 amide bonds. The van der Waals surface area contributed by atoms with Gasteiger partial charge in [0.1, 0.15) is 6.29 Å². The topological polar surface area (TPSA) is 17.1 Å². The van der Waals surface area contributed by atoms with E-state index >= 15 is 0 Å². The van der Waals surface area contributed by atoms with Crippen molar-refractivity contribution in [2.24, 2.45) is 28.6 Å². The highest BCUT2D eigenvalue weighted by atomic mass is 16.1. The van der Waals surface area contributed by atoms with Crippen molar-refractivity contribution in [3.8, 4) is 0 Å². The number of aldehydes is 1. The average molecular weight is 218 g/mol. The Bertz CT molecular complexity index is 370. The molecule has 2 saturated carbocycles. The fourth-order valence-corrected chi connectivity index (χ4v) is 5.19. The molecule has 3 aliphatic rings. The Kier molecular flexibility index (Phi) is 1.98. The van der Waals surface area contributed by atoms with Crippen LogP contribution in [-0.2, 0) is 4.79 Å². The first-order chi connectivity index (χ1) is 7.54. The summed E-state index contributed by atoms with van der Waals surface area (Å²) >= 11 is 0. The van der Waals surface area contributed by atoms with Crippen LogP contribution in [0.2, 0.25) is 0 Å². The second kappa shape index (κ2) is 3.00. The molecule has 2 fully saturated rings. The first-order valence-corrected chi connectivity index (χ1v) is 6.67. The number of hydrogen-bond acceptors (Lipinski definition) is 1. The molecule has 0 heterocycles. The van der Waals surface area contributed by atoms with Crippen LogP contribution in [0.5, 0.6) is 0 Å². The molecule has 3 rings (SSSR count). The third-order valence-corrected chi connectivity index (χ3v) is 6.26. The predicted octanol–water partition coefficient (Wildman–Crippen LogP) is 3.59. The highest BCUT2D eigenvalue weighted by Crippen LogP contribution is 2.70. The molecule has 0 aromatic rings. The quantitative estimate of drug-likeness (QED) is 0.485. The van der Waals surface area contributed by atoms with Crippen LogP contribution in [-0.4, -0.2) is 6.29 Å². The van der Waals surface area contributed by atoms with Crippen molar-refractivity contribution >= 4 is 6.29 Å². The van der Waals surface area contributed by atoms with Crippen molar-refractivity contribution in [2.75, 3.05) is 0 Å². The van der Waals surface area contributed by atoms with Gasteiger partial charge in [-0.1, -0.05) is 25.5 Å². The minimum atomic E-state index is -0.0676. The van der Waals surface area contributed by atoms with Crippen molar-refractivity contribution in [2.45, 2.75) is 46.5 Å². The second-order valence-corrected chi connectivity index (χ2v) is 6.66. The zero-order valence-electron chi connectivity index (χ0n) is 10.6. The van der Waals surface area contributed by atoms with E-state index in [4.69, 9.17) is 0 Å². The Hall–Kier alpha value is -0.590. The Morgan fingerprint density at radius 3 is 2.88 bits per heavy atom. The van der Waals surface area contributed by atoms with Crippen LogP contribution in [0.15, 0.2) is 11.6 Å². The SMILES string of the molecule is CC1=CC[C@@]23C[C@@H]1[C@](C)(C=O)[C@H]2CC[C@H]3C. The molecule has 0 aromatic heterocycles.